The number of ether oxygens (including phenoxy) is 1. The molecule has 7 heteroatoms. The molecule has 1 aromatic rings. The summed E-state index contributed by atoms with van der Waals surface area (Å²) in [6.07, 6.45) is 0.0560. The van der Waals surface area contributed by atoms with Crippen LogP contribution in [-0.4, -0.2) is 29.9 Å². The van der Waals surface area contributed by atoms with Gasteiger partial charge in [0.25, 0.3) is 0 Å². The van der Waals surface area contributed by atoms with E-state index in [1.165, 1.54) is 0 Å². The van der Waals surface area contributed by atoms with Crippen molar-refractivity contribution in [1.82, 2.24) is 5.32 Å². The summed E-state index contributed by atoms with van der Waals surface area (Å²) >= 11 is 3.00. The molecule has 0 aliphatic heterocycles. The number of nitrogens with one attached hydrogen (secondary N) is 1. The zero-order chi connectivity index (χ0) is 17.8. The third kappa shape index (κ3) is 8.60. The SMILES string of the molecule is CC(C)(C)CC(C)(C)NCC(O)COc1c(F)cc(Br)cc1F.Cl. The van der Waals surface area contributed by atoms with Crippen molar-refractivity contribution in [3.8, 4) is 5.75 Å². The van der Waals surface area contributed by atoms with Gasteiger partial charge >= 0.3 is 0 Å². The second-order valence-corrected chi connectivity index (χ2v) is 8.58. The fourth-order valence-corrected chi connectivity index (χ4v) is 3.09. The maximum absolute atomic E-state index is 13.6. The van der Waals surface area contributed by atoms with Crippen molar-refractivity contribution in [3.05, 3.63) is 28.2 Å². The highest BCUT2D eigenvalue weighted by Gasteiger charge is 2.25. The van der Waals surface area contributed by atoms with Gasteiger partial charge in [-0.15, -0.1) is 12.4 Å². The van der Waals surface area contributed by atoms with Gasteiger partial charge in [0.05, 0.1) is 0 Å². The smallest absolute Gasteiger partial charge is 0.190 e. The van der Waals surface area contributed by atoms with Crippen molar-refractivity contribution in [1.29, 1.82) is 0 Å². The number of aliphatic hydroxyl groups is 1. The summed E-state index contributed by atoms with van der Waals surface area (Å²) in [5, 5.41) is 13.2. The molecule has 1 aromatic carbocycles. The topological polar surface area (TPSA) is 41.5 Å². The molecule has 0 heterocycles. The van der Waals surface area contributed by atoms with E-state index in [1.54, 1.807) is 0 Å². The first-order valence-electron chi connectivity index (χ1n) is 7.60. The van der Waals surface area contributed by atoms with E-state index in [9.17, 15) is 13.9 Å². The lowest BCUT2D eigenvalue weighted by Gasteiger charge is -2.34. The Morgan fingerprint density at radius 2 is 1.67 bits per heavy atom. The van der Waals surface area contributed by atoms with Crippen LogP contribution in [0.3, 0.4) is 0 Å². The maximum atomic E-state index is 13.6. The summed E-state index contributed by atoms with van der Waals surface area (Å²) in [5.74, 6) is -2.07. The van der Waals surface area contributed by atoms with Crippen LogP contribution in [0.25, 0.3) is 0 Å². The molecule has 1 rings (SSSR count). The molecule has 1 atom stereocenters. The number of rotatable bonds is 7. The average molecular weight is 431 g/mol. The van der Waals surface area contributed by atoms with E-state index >= 15 is 0 Å². The minimum absolute atomic E-state index is 0. The van der Waals surface area contributed by atoms with Crippen LogP contribution in [0.1, 0.15) is 41.0 Å². The number of benzene rings is 1. The van der Waals surface area contributed by atoms with Crippen LogP contribution >= 0.6 is 28.3 Å². The number of aliphatic hydroxyl groups excluding tert-OH is 1. The molecule has 0 fully saturated rings. The molecule has 0 aliphatic rings. The molecule has 1 unspecified atom stereocenters. The molecule has 140 valence electrons. The summed E-state index contributed by atoms with van der Waals surface area (Å²) < 4.78 is 32.6. The monoisotopic (exact) mass is 429 g/mol. The molecule has 0 saturated carbocycles. The Bertz CT molecular complexity index is 513. The zero-order valence-corrected chi connectivity index (χ0v) is 17.2. The van der Waals surface area contributed by atoms with E-state index in [0.717, 1.165) is 18.6 Å². The highest BCUT2D eigenvalue weighted by molar-refractivity contribution is 9.10. The highest BCUT2D eigenvalue weighted by atomic mass is 79.9. The van der Waals surface area contributed by atoms with Gasteiger partial charge in [-0.1, -0.05) is 36.7 Å². The minimum atomic E-state index is -0.864. The lowest BCUT2D eigenvalue weighted by molar-refractivity contribution is 0.0904. The summed E-state index contributed by atoms with van der Waals surface area (Å²) in [7, 11) is 0. The average Bonchev–Trinajstić information content (AvgIpc) is 2.32. The first-order chi connectivity index (χ1) is 10.4. The van der Waals surface area contributed by atoms with Gasteiger partial charge in [-0.3, -0.25) is 0 Å². The lowest BCUT2D eigenvalue weighted by Crippen LogP contribution is -2.46. The molecule has 2 N–H and O–H groups in total. The van der Waals surface area contributed by atoms with Crippen LogP contribution in [0.5, 0.6) is 5.75 Å². The Balaban J connectivity index is 0.00000529. The first-order valence-corrected chi connectivity index (χ1v) is 8.39. The Hall–Kier alpha value is -0.430. The normalized spacial score (nSPS) is 13.4. The van der Waals surface area contributed by atoms with E-state index in [1.807, 2.05) is 0 Å². The predicted octanol–water partition coefficient (Wildman–Crippen LogP) is 4.69. The van der Waals surface area contributed by atoms with Crippen LogP contribution in [0, 0.1) is 17.0 Å². The fourth-order valence-electron chi connectivity index (χ4n) is 2.69. The summed E-state index contributed by atoms with van der Waals surface area (Å²) in [4.78, 5) is 0. The second-order valence-electron chi connectivity index (χ2n) is 7.67. The predicted molar refractivity (Wildman–Crippen MR) is 99.0 cm³/mol. The molecule has 0 amide bonds. The van der Waals surface area contributed by atoms with Gasteiger partial charge in [-0.05, 0) is 37.8 Å². The van der Waals surface area contributed by atoms with Gasteiger partial charge in [0.2, 0.25) is 0 Å². The summed E-state index contributed by atoms with van der Waals surface area (Å²) in [6, 6.07) is 2.24. The highest BCUT2D eigenvalue weighted by Crippen LogP contribution is 2.27. The Morgan fingerprint density at radius 3 is 2.12 bits per heavy atom. The van der Waals surface area contributed by atoms with Gasteiger partial charge in [-0.2, -0.15) is 0 Å². The second kappa shape index (κ2) is 9.32. The number of hydrogen-bond donors (Lipinski definition) is 2. The van der Waals surface area contributed by atoms with E-state index in [-0.39, 0.29) is 36.5 Å². The van der Waals surface area contributed by atoms with Crippen molar-refractivity contribution in [2.75, 3.05) is 13.2 Å². The van der Waals surface area contributed by atoms with Crippen molar-refractivity contribution in [2.45, 2.75) is 52.7 Å². The van der Waals surface area contributed by atoms with E-state index in [2.05, 4.69) is 55.9 Å². The third-order valence-electron chi connectivity index (χ3n) is 3.17. The van der Waals surface area contributed by atoms with Crippen molar-refractivity contribution < 1.29 is 18.6 Å². The molecule has 0 bridgehead atoms. The molecular formula is C17H27BrClF2NO2. The van der Waals surface area contributed by atoms with Crippen molar-refractivity contribution in [3.63, 3.8) is 0 Å². The zero-order valence-electron chi connectivity index (χ0n) is 14.8. The molecule has 3 nitrogen and oxygen atoms in total. The van der Waals surface area contributed by atoms with Crippen LogP contribution in [0.15, 0.2) is 16.6 Å². The maximum Gasteiger partial charge on any atom is 0.190 e. The Kier molecular flexibility index (Phi) is 9.15. The van der Waals surface area contributed by atoms with Gasteiger partial charge in [0.1, 0.15) is 12.7 Å². The lowest BCUT2D eigenvalue weighted by atomic mass is 9.82. The molecule has 24 heavy (non-hydrogen) atoms. The molecule has 0 aliphatic carbocycles. The Labute approximate surface area is 157 Å². The van der Waals surface area contributed by atoms with E-state index < -0.39 is 23.5 Å². The largest absolute Gasteiger partial charge is 0.485 e. The molecule has 0 radical (unpaired) electrons. The molecule has 0 saturated heterocycles. The van der Waals surface area contributed by atoms with Gasteiger partial charge in [-0.25, -0.2) is 8.78 Å². The minimum Gasteiger partial charge on any atom is -0.485 e. The fraction of sp³-hybridized carbons (Fsp3) is 0.647. The van der Waals surface area contributed by atoms with Crippen LogP contribution in [-0.2, 0) is 0 Å². The Morgan fingerprint density at radius 1 is 1.17 bits per heavy atom. The van der Waals surface area contributed by atoms with Gasteiger partial charge in [0.15, 0.2) is 17.4 Å². The molecule has 0 aromatic heterocycles. The first kappa shape index (κ1) is 23.6. The van der Waals surface area contributed by atoms with Crippen molar-refractivity contribution >= 4 is 28.3 Å². The van der Waals surface area contributed by atoms with Gasteiger partial charge < -0.3 is 15.2 Å². The third-order valence-corrected chi connectivity index (χ3v) is 3.63. The van der Waals surface area contributed by atoms with E-state index in [4.69, 9.17) is 4.74 Å². The van der Waals surface area contributed by atoms with Crippen molar-refractivity contribution in [2.24, 2.45) is 5.41 Å². The standard InChI is InChI=1S/C17H26BrF2NO2.ClH/c1-16(2,3)10-17(4,5)21-8-12(22)9-23-15-13(19)6-11(18)7-14(15)20;/h6-7,12,21-22H,8-10H2,1-5H3;1H. The number of β-amino-alcohol motifs (C(OH)–C–C–N with tert-alkyl or cyclic N) is 1. The number of hydrogen-bond acceptors (Lipinski definition) is 3. The van der Waals surface area contributed by atoms with E-state index in [0.29, 0.717) is 4.47 Å². The van der Waals surface area contributed by atoms with Crippen LogP contribution < -0.4 is 10.1 Å². The van der Waals surface area contributed by atoms with Crippen LogP contribution in [0.2, 0.25) is 0 Å². The summed E-state index contributed by atoms with van der Waals surface area (Å²) in [6.45, 7) is 10.6. The van der Waals surface area contributed by atoms with Gasteiger partial charge in [0, 0.05) is 16.6 Å². The summed E-state index contributed by atoms with van der Waals surface area (Å²) in [5.41, 5.74) is -0.00498. The molecule has 0 spiro atoms. The van der Waals surface area contributed by atoms with Crippen LogP contribution in [0.4, 0.5) is 8.78 Å². The quantitative estimate of drug-likeness (QED) is 0.659. The molecular weight excluding hydrogens is 404 g/mol. The number of halogens is 4.